The Morgan fingerprint density at radius 2 is 2.23 bits per heavy atom. The van der Waals surface area contributed by atoms with Crippen molar-refractivity contribution < 1.29 is 4.79 Å². The zero-order chi connectivity index (χ0) is 15.4. The fraction of sp³-hybridized carbons (Fsp3) is 0.706. The second-order valence-corrected chi connectivity index (χ2v) is 7.93. The highest BCUT2D eigenvalue weighted by Gasteiger charge is 2.37. The van der Waals surface area contributed by atoms with Crippen LogP contribution in [0.5, 0.6) is 0 Å². The fourth-order valence-corrected chi connectivity index (χ4v) is 4.48. The molecule has 1 aliphatic heterocycles. The maximum absolute atomic E-state index is 12.3. The van der Waals surface area contributed by atoms with E-state index in [4.69, 9.17) is 5.73 Å². The van der Waals surface area contributed by atoms with E-state index in [1.54, 1.807) is 0 Å². The van der Waals surface area contributed by atoms with Gasteiger partial charge in [0.1, 0.15) is 0 Å². The zero-order valence-electron chi connectivity index (χ0n) is 13.2. The lowest BCUT2D eigenvalue weighted by Gasteiger charge is -2.33. The van der Waals surface area contributed by atoms with E-state index in [9.17, 15) is 4.79 Å². The minimum absolute atomic E-state index is 0.0698. The topological polar surface area (TPSA) is 58.4 Å². The molecule has 1 amide bonds. The molecule has 2 heterocycles. The minimum atomic E-state index is -0.592. The number of hydrogen-bond donors (Lipinski definition) is 2. The number of nitrogens with zero attached hydrogens (tertiary/aromatic N) is 1. The lowest BCUT2D eigenvalue weighted by molar-refractivity contribution is -0.126. The summed E-state index contributed by atoms with van der Waals surface area (Å²) in [6.07, 6.45) is 6.28. The predicted octanol–water partition coefficient (Wildman–Crippen LogP) is 2.35. The van der Waals surface area contributed by atoms with Gasteiger partial charge in [0.15, 0.2) is 0 Å². The van der Waals surface area contributed by atoms with Crippen LogP contribution in [-0.2, 0) is 11.3 Å². The van der Waals surface area contributed by atoms with Crippen LogP contribution >= 0.6 is 11.3 Å². The highest BCUT2D eigenvalue weighted by Crippen LogP contribution is 2.27. The van der Waals surface area contributed by atoms with Gasteiger partial charge in [0.25, 0.3) is 0 Å². The third kappa shape index (κ3) is 3.89. The van der Waals surface area contributed by atoms with Gasteiger partial charge in [0, 0.05) is 24.5 Å². The largest absolute Gasteiger partial charge is 0.354 e. The maximum Gasteiger partial charge on any atom is 0.240 e. The van der Waals surface area contributed by atoms with Crippen molar-refractivity contribution >= 4 is 17.2 Å². The minimum Gasteiger partial charge on any atom is -0.354 e. The van der Waals surface area contributed by atoms with Gasteiger partial charge < -0.3 is 11.1 Å². The van der Waals surface area contributed by atoms with Gasteiger partial charge in [-0.3, -0.25) is 9.69 Å². The highest BCUT2D eigenvalue weighted by atomic mass is 32.1. The number of carbonyl (C=O) groups excluding carboxylic acids is 1. The van der Waals surface area contributed by atoms with E-state index in [0.29, 0.717) is 5.92 Å². The van der Waals surface area contributed by atoms with Gasteiger partial charge in [-0.05, 0) is 49.6 Å². The molecule has 1 atom stereocenters. The smallest absolute Gasteiger partial charge is 0.240 e. The first-order valence-corrected chi connectivity index (χ1v) is 9.36. The van der Waals surface area contributed by atoms with Gasteiger partial charge in [-0.1, -0.05) is 18.9 Å². The summed E-state index contributed by atoms with van der Waals surface area (Å²) in [7, 11) is 0. The molecule has 1 aromatic heterocycles. The molecule has 2 aliphatic rings. The number of hydrogen-bond acceptors (Lipinski definition) is 4. The Bertz CT molecular complexity index is 482. The van der Waals surface area contributed by atoms with Crippen molar-refractivity contribution in [2.75, 3.05) is 19.6 Å². The molecule has 0 bridgehead atoms. The number of nitrogens with two attached hydrogens (primary N) is 1. The summed E-state index contributed by atoms with van der Waals surface area (Å²) in [6.45, 7) is 4.07. The van der Waals surface area contributed by atoms with Crippen molar-refractivity contribution in [3.63, 3.8) is 0 Å². The summed E-state index contributed by atoms with van der Waals surface area (Å²) in [6, 6.07) is 4.32. The van der Waals surface area contributed by atoms with Crippen molar-refractivity contribution in [3.05, 3.63) is 22.4 Å². The van der Waals surface area contributed by atoms with Gasteiger partial charge in [-0.25, -0.2) is 0 Å². The monoisotopic (exact) mass is 321 g/mol. The quantitative estimate of drug-likeness (QED) is 0.875. The Morgan fingerprint density at radius 3 is 2.95 bits per heavy atom. The van der Waals surface area contributed by atoms with E-state index < -0.39 is 5.54 Å². The Morgan fingerprint density at radius 1 is 1.41 bits per heavy atom. The normalized spacial score (nSPS) is 25.2. The van der Waals surface area contributed by atoms with Crippen LogP contribution in [0, 0.1) is 5.92 Å². The van der Waals surface area contributed by atoms with Crippen LogP contribution in [0.25, 0.3) is 0 Å². The number of carbonyl (C=O) groups is 1. The summed E-state index contributed by atoms with van der Waals surface area (Å²) in [5.41, 5.74) is 5.62. The summed E-state index contributed by atoms with van der Waals surface area (Å²) >= 11 is 1.82. The average Bonchev–Trinajstić information content (AvgIpc) is 3.18. The van der Waals surface area contributed by atoms with Gasteiger partial charge in [0.2, 0.25) is 5.91 Å². The molecule has 0 aromatic carbocycles. The van der Waals surface area contributed by atoms with Gasteiger partial charge >= 0.3 is 0 Å². The lowest BCUT2D eigenvalue weighted by atomic mass is 9.95. The average molecular weight is 321 g/mol. The molecule has 122 valence electrons. The summed E-state index contributed by atoms with van der Waals surface area (Å²) in [4.78, 5) is 16.2. The van der Waals surface area contributed by atoms with Crippen molar-refractivity contribution in [3.8, 4) is 0 Å². The Balaban J connectivity index is 1.45. The van der Waals surface area contributed by atoms with Crippen LogP contribution in [-0.4, -0.2) is 36.0 Å². The molecule has 0 spiro atoms. The standard InChI is InChI=1S/C17H27N3OS/c18-17(7-1-2-8-17)16(21)19-11-14-5-3-9-20(12-14)13-15-6-4-10-22-15/h4,6,10,14H,1-3,5,7-9,11-13,18H2,(H,19,21). The number of thiophene rings is 1. The van der Waals surface area contributed by atoms with E-state index in [1.165, 1.54) is 24.3 Å². The maximum atomic E-state index is 12.3. The molecule has 0 radical (unpaired) electrons. The van der Waals surface area contributed by atoms with Crippen LogP contribution in [0.1, 0.15) is 43.4 Å². The number of nitrogens with one attached hydrogen (secondary N) is 1. The molecule has 1 aromatic rings. The number of piperidine rings is 1. The first kappa shape index (κ1) is 16.0. The Labute approximate surface area is 137 Å². The third-order valence-corrected chi connectivity index (χ3v) is 5.92. The first-order valence-electron chi connectivity index (χ1n) is 8.48. The van der Waals surface area contributed by atoms with E-state index in [-0.39, 0.29) is 5.91 Å². The van der Waals surface area contributed by atoms with Crippen molar-refractivity contribution in [1.82, 2.24) is 10.2 Å². The van der Waals surface area contributed by atoms with Crippen molar-refractivity contribution in [2.45, 2.75) is 50.6 Å². The molecule has 4 nitrogen and oxygen atoms in total. The van der Waals surface area contributed by atoms with Crippen molar-refractivity contribution in [2.24, 2.45) is 11.7 Å². The van der Waals surface area contributed by atoms with Gasteiger partial charge in [0.05, 0.1) is 5.54 Å². The molecule has 1 unspecified atom stereocenters. The van der Waals surface area contributed by atoms with Crippen molar-refractivity contribution in [1.29, 1.82) is 0 Å². The SMILES string of the molecule is NC1(C(=O)NCC2CCCN(Cc3cccs3)C2)CCCC1. The first-order chi connectivity index (χ1) is 10.7. The lowest BCUT2D eigenvalue weighted by Crippen LogP contribution is -2.53. The summed E-state index contributed by atoms with van der Waals surface area (Å²) in [5, 5.41) is 5.26. The molecule has 22 heavy (non-hydrogen) atoms. The molecule has 1 saturated heterocycles. The molecule has 3 N–H and O–H groups in total. The highest BCUT2D eigenvalue weighted by molar-refractivity contribution is 7.09. The third-order valence-electron chi connectivity index (χ3n) is 5.06. The van der Waals surface area contributed by atoms with E-state index >= 15 is 0 Å². The summed E-state index contributed by atoms with van der Waals surface area (Å²) in [5.74, 6) is 0.628. The molecule has 2 fully saturated rings. The molecule has 1 aliphatic carbocycles. The van der Waals surface area contributed by atoms with Crippen LogP contribution in [0.2, 0.25) is 0 Å². The second kappa shape index (κ2) is 7.11. The fourth-order valence-electron chi connectivity index (χ4n) is 3.73. The predicted molar refractivity (Wildman–Crippen MR) is 90.7 cm³/mol. The molecular weight excluding hydrogens is 294 g/mol. The number of rotatable bonds is 5. The molecule has 5 heteroatoms. The molecular formula is C17H27N3OS. The second-order valence-electron chi connectivity index (χ2n) is 6.90. The van der Waals surface area contributed by atoms with Crippen LogP contribution < -0.4 is 11.1 Å². The van der Waals surface area contributed by atoms with Crippen LogP contribution in [0.4, 0.5) is 0 Å². The molecule has 1 saturated carbocycles. The Hall–Kier alpha value is -0.910. The van der Waals surface area contributed by atoms with Gasteiger partial charge in [-0.2, -0.15) is 0 Å². The molecule has 3 rings (SSSR count). The summed E-state index contributed by atoms with van der Waals surface area (Å²) < 4.78 is 0. The Kier molecular flexibility index (Phi) is 5.16. The zero-order valence-corrected chi connectivity index (χ0v) is 14.0. The van der Waals surface area contributed by atoms with Crippen LogP contribution in [0.15, 0.2) is 17.5 Å². The van der Waals surface area contributed by atoms with E-state index in [2.05, 4.69) is 27.7 Å². The number of likely N-dealkylation sites (tertiary alicyclic amines) is 1. The van der Waals surface area contributed by atoms with Gasteiger partial charge in [-0.15, -0.1) is 11.3 Å². The number of amides is 1. The van der Waals surface area contributed by atoms with E-state index in [0.717, 1.165) is 45.3 Å². The van der Waals surface area contributed by atoms with Crippen LogP contribution in [0.3, 0.4) is 0 Å². The van der Waals surface area contributed by atoms with E-state index in [1.807, 2.05) is 11.3 Å².